The van der Waals surface area contributed by atoms with Crippen molar-refractivity contribution in [2.24, 2.45) is 0 Å². The van der Waals surface area contributed by atoms with Crippen LogP contribution in [0.1, 0.15) is 27.3 Å². The van der Waals surface area contributed by atoms with E-state index in [0.29, 0.717) is 17.1 Å². The van der Waals surface area contributed by atoms with Crippen LogP contribution in [0.4, 0.5) is 5.69 Å². The van der Waals surface area contributed by atoms with E-state index in [0.717, 1.165) is 17.1 Å². The first kappa shape index (κ1) is 16.3. The van der Waals surface area contributed by atoms with Crippen LogP contribution in [-0.4, -0.2) is 15.7 Å². The van der Waals surface area contributed by atoms with Crippen LogP contribution < -0.4 is 5.32 Å². The van der Waals surface area contributed by atoms with Gasteiger partial charge in [-0.05, 0) is 43.7 Å². The zero-order chi connectivity index (χ0) is 17.1. The number of anilines is 1. The Labute approximate surface area is 146 Å². The second-order valence-electron chi connectivity index (χ2n) is 5.65. The second-order valence-corrected chi connectivity index (χ2v) is 6.09. The van der Waals surface area contributed by atoms with Crippen molar-refractivity contribution >= 4 is 23.2 Å². The van der Waals surface area contributed by atoms with Crippen molar-refractivity contribution in [1.29, 1.82) is 0 Å². The van der Waals surface area contributed by atoms with E-state index in [2.05, 4.69) is 22.5 Å². The van der Waals surface area contributed by atoms with E-state index < -0.39 is 0 Å². The number of nitrogens with zero attached hydrogens (tertiary/aromatic N) is 2. The molecule has 5 heteroatoms. The average Bonchev–Trinajstić information content (AvgIpc) is 2.84. The zero-order valence-electron chi connectivity index (χ0n) is 13.6. The summed E-state index contributed by atoms with van der Waals surface area (Å²) in [5.74, 6) is -0.169. The summed E-state index contributed by atoms with van der Waals surface area (Å²) in [6.45, 7) is 4.52. The fraction of sp³-hybridized carbons (Fsp3) is 0.158. The van der Waals surface area contributed by atoms with E-state index in [4.69, 9.17) is 11.6 Å². The Morgan fingerprint density at radius 3 is 2.42 bits per heavy atom. The third-order valence-electron chi connectivity index (χ3n) is 3.90. The molecule has 0 unspecified atom stereocenters. The van der Waals surface area contributed by atoms with Crippen molar-refractivity contribution in [3.63, 3.8) is 0 Å². The van der Waals surface area contributed by atoms with Gasteiger partial charge in [0.15, 0.2) is 0 Å². The van der Waals surface area contributed by atoms with Crippen molar-refractivity contribution in [3.05, 3.63) is 82.1 Å². The molecule has 1 N–H and O–H groups in total. The molecule has 1 aromatic heterocycles. The summed E-state index contributed by atoms with van der Waals surface area (Å²) in [6.07, 6.45) is 0. The molecule has 3 aromatic rings. The van der Waals surface area contributed by atoms with Crippen LogP contribution in [0, 0.1) is 13.8 Å². The van der Waals surface area contributed by atoms with E-state index in [1.807, 2.05) is 36.7 Å². The molecule has 2 aromatic carbocycles. The summed E-state index contributed by atoms with van der Waals surface area (Å²) < 4.78 is 1.90. The van der Waals surface area contributed by atoms with Gasteiger partial charge in [-0.1, -0.05) is 41.9 Å². The molecule has 0 aliphatic carbocycles. The molecule has 1 amide bonds. The number of rotatable bonds is 4. The number of amides is 1. The number of aryl methyl sites for hydroxylation is 1. The fourth-order valence-corrected chi connectivity index (χ4v) is 2.70. The first-order chi connectivity index (χ1) is 11.5. The number of benzene rings is 2. The number of nitrogens with one attached hydrogen (secondary N) is 1. The largest absolute Gasteiger partial charge is 0.319 e. The van der Waals surface area contributed by atoms with Gasteiger partial charge in [-0.3, -0.25) is 9.48 Å². The Balaban J connectivity index is 1.81. The van der Waals surface area contributed by atoms with Crippen LogP contribution >= 0.6 is 11.6 Å². The van der Waals surface area contributed by atoms with Crippen molar-refractivity contribution in [1.82, 2.24) is 9.78 Å². The maximum Gasteiger partial charge on any atom is 0.255 e. The van der Waals surface area contributed by atoms with E-state index in [-0.39, 0.29) is 5.91 Å². The molecular formula is C19H18ClN3O. The first-order valence-electron chi connectivity index (χ1n) is 7.69. The van der Waals surface area contributed by atoms with E-state index in [1.165, 1.54) is 5.56 Å². The lowest BCUT2D eigenvalue weighted by molar-refractivity contribution is 0.102. The van der Waals surface area contributed by atoms with Gasteiger partial charge >= 0.3 is 0 Å². The number of carbonyl (C=O) groups is 1. The molecule has 1 heterocycles. The SMILES string of the molecule is Cc1nn(Cc2ccccc2)c(C)c1NC(=O)c1ccc(Cl)cc1. The maximum absolute atomic E-state index is 12.4. The lowest BCUT2D eigenvalue weighted by atomic mass is 10.2. The highest BCUT2D eigenvalue weighted by Gasteiger charge is 2.15. The van der Waals surface area contributed by atoms with Gasteiger partial charge in [-0.2, -0.15) is 5.10 Å². The Hall–Kier alpha value is -2.59. The van der Waals surface area contributed by atoms with Crippen molar-refractivity contribution in [2.45, 2.75) is 20.4 Å². The fourth-order valence-electron chi connectivity index (χ4n) is 2.58. The second kappa shape index (κ2) is 6.89. The van der Waals surface area contributed by atoms with E-state index in [1.54, 1.807) is 24.3 Å². The van der Waals surface area contributed by atoms with Gasteiger partial charge in [0.2, 0.25) is 0 Å². The van der Waals surface area contributed by atoms with Gasteiger partial charge in [0, 0.05) is 10.6 Å². The minimum Gasteiger partial charge on any atom is -0.319 e. The molecule has 4 nitrogen and oxygen atoms in total. The third-order valence-corrected chi connectivity index (χ3v) is 4.15. The molecule has 0 aliphatic rings. The van der Waals surface area contributed by atoms with Gasteiger partial charge in [-0.15, -0.1) is 0 Å². The van der Waals surface area contributed by atoms with Crippen LogP contribution in [0.3, 0.4) is 0 Å². The molecule has 3 rings (SSSR count). The highest BCUT2D eigenvalue weighted by atomic mass is 35.5. The van der Waals surface area contributed by atoms with Crippen molar-refractivity contribution in [2.75, 3.05) is 5.32 Å². The van der Waals surface area contributed by atoms with E-state index in [9.17, 15) is 4.79 Å². The van der Waals surface area contributed by atoms with Crippen LogP contribution in [0.15, 0.2) is 54.6 Å². The predicted molar refractivity (Wildman–Crippen MR) is 96.7 cm³/mol. The monoisotopic (exact) mass is 339 g/mol. The number of halogens is 1. The quantitative estimate of drug-likeness (QED) is 0.763. The van der Waals surface area contributed by atoms with Crippen LogP contribution in [0.5, 0.6) is 0 Å². The summed E-state index contributed by atoms with van der Waals surface area (Å²) in [5, 5.41) is 8.11. The van der Waals surface area contributed by atoms with Crippen molar-refractivity contribution < 1.29 is 4.79 Å². The Morgan fingerprint density at radius 2 is 1.75 bits per heavy atom. The van der Waals surface area contributed by atoms with Crippen LogP contribution in [0.25, 0.3) is 0 Å². The summed E-state index contributed by atoms with van der Waals surface area (Å²) >= 11 is 5.86. The molecule has 0 bridgehead atoms. The smallest absolute Gasteiger partial charge is 0.255 e. The molecule has 0 saturated carbocycles. The molecule has 0 aliphatic heterocycles. The summed E-state index contributed by atoms with van der Waals surface area (Å²) in [4.78, 5) is 12.4. The number of aromatic nitrogens is 2. The number of hydrogen-bond donors (Lipinski definition) is 1. The third kappa shape index (κ3) is 3.49. The van der Waals surface area contributed by atoms with E-state index >= 15 is 0 Å². The molecule has 24 heavy (non-hydrogen) atoms. The maximum atomic E-state index is 12.4. The normalized spacial score (nSPS) is 10.6. The molecule has 0 atom stereocenters. The minimum atomic E-state index is -0.169. The van der Waals surface area contributed by atoms with Crippen LogP contribution in [-0.2, 0) is 6.54 Å². The number of carbonyl (C=O) groups excluding carboxylic acids is 1. The molecule has 0 saturated heterocycles. The minimum absolute atomic E-state index is 0.169. The molecule has 0 spiro atoms. The predicted octanol–water partition coefficient (Wildman–Crippen LogP) is 4.45. The lowest BCUT2D eigenvalue weighted by Crippen LogP contribution is -2.13. The van der Waals surface area contributed by atoms with Gasteiger partial charge < -0.3 is 5.32 Å². The van der Waals surface area contributed by atoms with Crippen LogP contribution in [0.2, 0.25) is 5.02 Å². The zero-order valence-corrected chi connectivity index (χ0v) is 14.3. The topological polar surface area (TPSA) is 46.9 Å². The van der Waals surface area contributed by atoms with Gasteiger partial charge in [0.05, 0.1) is 23.6 Å². The molecule has 122 valence electrons. The summed E-state index contributed by atoms with van der Waals surface area (Å²) in [5.41, 5.74) is 4.21. The molecular weight excluding hydrogens is 322 g/mol. The Morgan fingerprint density at radius 1 is 1.08 bits per heavy atom. The summed E-state index contributed by atoms with van der Waals surface area (Å²) in [6, 6.07) is 16.9. The molecule has 0 radical (unpaired) electrons. The lowest BCUT2D eigenvalue weighted by Gasteiger charge is -2.07. The van der Waals surface area contributed by atoms with Gasteiger partial charge in [0.1, 0.15) is 0 Å². The summed E-state index contributed by atoms with van der Waals surface area (Å²) in [7, 11) is 0. The highest BCUT2D eigenvalue weighted by Crippen LogP contribution is 2.21. The average molecular weight is 340 g/mol. The Kier molecular flexibility index (Phi) is 4.67. The first-order valence-corrected chi connectivity index (χ1v) is 8.07. The van der Waals surface area contributed by atoms with Crippen molar-refractivity contribution in [3.8, 4) is 0 Å². The Bertz CT molecular complexity index is 854. The molecule has 0 fully saturated rings. The van der Waals surface area contributed by atoms with Gasteiger partial charge in [-0.25, -0.2) is 0 Å². The van der Waals surface area contributed by atoms with Gasteiger partial charge in [0.25, 0.3) is 5.91 Å². The number of hydrogen-bond acceptors (Lipinski definition) is 2. The standard InChI is InChI=1S/C19H18ClN3O/c1-13-18(21-19(24)16-8-10-17(20)11-9-16)14(2)23(22-13)12-15-6-4-3-5-7-15/h3-11H,12H2,1-2H3,(H,21,24). The highest BCUT2D eigenvalue weighted by molar-refractivity contribution is 6.30.